The number of anilines is 2. The number of aromatic nitrogens is 1. The summed E-state index contributed by atoms with van der Waals surface area (Å²) in [6, 6.07) is 19.6. The Bertz CT molecular complexity index is 1830. The minimum absolute atomic E-state index is 0.170. The number of nitro groups is 1. The van der Waals surface area contributed by atoms with Crippen molar-refractivity contribution in [1.82, 2.24) is 4.57 Å². The number of nitro benzene ring substituents is 1. The van der Waals surface area contributed by atoms with Gasteiger partial charge in [0, 0.05) is 34.2 Å². The summed E-state index contributed by atoms with van der Waals surface area (Å²) in [5, 5.41) is 13.5. The summed E-state index contributed by atoms with van der Waals surface area (Å²) in [6.07, 6.45) is 0. The molecule has 0 spiro atoms. The highest BCUT2D eigenvalue weighted by molar-refractivity contribution is 8.00. The maximum atomic E-state index is 14.0. The molecule has 1 saturated heterocycles. The van der Waals surface area contributed by atoms with Crippen molar-refractivity contribution in [3.63, 3.8) is 0 Å². The van der Waals surface area contributed by atoms with Gasteiger partial charge in [0.1, 0.15) is 17.5 Å². The molecule has 3 amide bonds. The number of amides is 3. The molecule has 218 valence electrons. The van der Waals surface area contributed by atoms with Crippen molar-refractivity contribution < 1.29 is 24.0 Å². The summed E-state index contributed by atoms with van der Waals surface area (Å²) in [7, 11) is 1.50. The molecule has 1 N–H and O–H groups in total. The number of benzene rings is 3. The molecule has 3 heterocycles. The lowest BCUT2D eigenvalue weighted by Crippen LogP contribution is -2.33. The van der Waals surface area contributed by atoms with Crippen molar-refractivity contribution in [1.29, 1.82) is 0 Å². The van der Waals surface area contributed by atoms with Gasteiger partial charge in [-0.05, 0) is 37.3 Å². The molecule has 3 atom stereocenters. The molecule has 6 rings (SSSR count). The molecule has 3 unspecified atom stereocenters. The Kier molecular flexibility index (Phi) is 7.36. The van der Waals surface area contributed by atoms with Crippen LogP contribution in [0.5, 0.6) is 5.75 Å². The van der Waals surface area contributed by atoms with Crippen LogP contribution in [0.15, 0.2) is 82.6 Å². The van der Waals surface area contributed by atoms with Gasteiger partial charge in [0.2, 0.25) is 17.7 Å². The molecule has 0 saturated carbocycles. The first-order valence-corrected chi connectivity index (χ1v) is 14.9. The highest BCUT2D eigenvalue weighted by Gasteiger charge is 2.57. The Labute approximate surface area is 253 Å². The fraction of sp³-hybridized carbons (Fsp3) is 0.200. The van der Waals surface area contributed by atoms with Gasteiger partial charge in [-0.3, -0.25) is 33.9 Å². The topological polar surface area (TPSA) is 141 Å². The number of hydrogen-bond acceptors (Lipinski definition) is 9. The second-order valence-corrected chi connectivity index (χ2v) is 12.2. The van der Waals surface area contributed by atoms with Gasteiger partial charge in [-0.25, -0.2) is 4.90 Å². The lowest BCUT2D eigenvalue weighted by Gasteiger charge is -2.31. The molecular weight excluding hydrogens is 592 g/mol. The van der Waals surface area contributed by atoms with E-state index in [0.29, 0.717) is 26.9 Å². The number of carbonyl (C=O) groups is 3. The van der Waals surface area contributed by atoms with E-state index in [2.05, 4.69) is 5.32 Å². The fourth-order valence-electron chi connectivity index (χ4n) is 5.47. The summed E-state index contributed by atoms with van der Waals surface area (Å²) in [6.45, 7) is 1.65. The Balaban J connectivity index is 1.42. The third kappa shape index (κ3) is 5.00. The number of thiazole rings is 1. The number of fused-ring (bicyclic) bond motifs is 2. The van der Waals surface area contributed by atoms with Gasteiger partial charge in [-0.15, -0.1) is 0 Å². The van der Waals surface area contributed by atoms with Crippen LogP contribution in [-0.2, 0) is 20.9 Å². The van der Waals surface area contributed by atoms with Gasteiger partial charge in [0.15, 0.2) is 0 Å². The Morgan fingerprint density at radius 3 is 2.37 bits per heavy atom. The number of methoxy groups -OCH3 is 1. The number of nitrogens with one attached hydrogen (secondary N) is 1. The van der Waals surface area contributed by atoms with E-state index in [1.165, 1.54) is 35.9 Å². The van der Waals surface area contributed by atoms with Gasteiger partial charge in [-0.1, -0.05) is 59.0 Å². The molecule has 11 nitrogen and oxygen atoms in total. The molecule has 0 radical (unpaired) electrons. The van der Waals surface area contributed by atoms with E-state index >= 15 is 0 Å². The molecule has 43 heavy (non-hydrogen) atoms. The first-order chi connectivity index (χ1) is 20.7. The van der Waals surface area contributed by atoms with Gasteiger partial charge < -0.3 is 10.1 Å². The highest BCUT2D eigenvalue weighted by atomic mass is 32.2. The third-order valence-corrected chi connectivity index (χ3v) is 10.1. The number of ether oxygens (including phenoxy) is 1. The van der Waals surface area contributed by atoms with Crippen LogP contribution in [0.25, 0.3) is 0 Å². The summed E-state index contributed by atoms with van der Waals surface area (Å²) in [4.78, 5) is 66.1. The van der Waals surface area contributed by atoms with Gasteiger partial charge in [0.05, 0.1) is 28.7 Å². The molecule has 4 aromatic rings. The lowest BCUT2D eigenvalue weighted by atomic mass is 9.82. The third-order valence-electron chi connectivity index (χ3n) is 7.48. The zero-order valence-electron chi connectivity index (χ0n) is 22.9. The van der Waals surface area contributed by atoms with Crippen molar-refractivity contribution in [2.45, 2.75) is 29.7 Å². The minimum Gasteiger partial charge on any atom is -0.496 e. The average molecular weight is 617 g/mol. The Morgan fingerprint density at radius 2 is 1.70 bits per heavy atom. The van der Waals surface area contributed by atoms with Crippen molar-refractivity contribution in [3.05, 3.63) is 109 Å². The predicted octanol–water partition coefficient (Wildman–Crippen LogP) is 4.57. The molecule has 1 aromatic heterocycles. The van der Waals surface area contributed by atoms with Crippen molar-refractivity contribution >= 4 is 57.9 Å². The van der Waals surface area contributed by atoms with Crippen molar-refractivity contribution in [3.8, 4) is 5.75 Å². The largest absolute Gasteiger partial charge is 0.496 e. The molecule has 2 aliphatic heterocycles. The van der Waals surface area contributed by atoms with Crippen LogP contribution in [0.3, 0.4) is 0 Å². The van der Waals surface area contributed by atoms with Crippen LogP contribution in [0.2, 0.25) is 0 Å². The molecule has 0 aliphatic carbocycles. The number of para-hydroxylation sites is 1. The van der Waals surface area contributed by atoms with Crippen LogP contribution in [0, 0.1) is 23.0 Å². The van der Waals surface area contributed by atoms with Crippen LogP contribution in [0.4, 0.5) is 17.1 Å². The lowest BCUT2D eigenvalue weighted by molar-refractivity contribution is -0.384. The SMILES string of the molecule is COc1ccccc1C1c2sc(=O)n(CC(=O)Nc3ccc(C)cc3)c2SC2C(=O)N(c3ccc([N+](=O)[O-])cc3)C(=O)C21. The number of hydrogen-bond donors (Lipinski definition) is 1. The van der Waals surface area contributed by atoms with Crippen molar-refractivity contribution in [2.24, 2.45) is 5.92 Å². The van der Waals surface area contributed by atoms with Crippen LogP contribution in [-0.4, -0.2) is 39.6 Å². The van der Waals surface area contributed by atoms with E-state index in [1.807, 2.05) is 19.1 Å². The van der Waals surface area contributed by atoms with E-state index in [4.69, 9.17) is 4.74 Å². The number of carbonyl (C=O) groups excluding carboxylic acids is 3. The van der Waals surface area contributed by atoms with E-state index in [0.717, 1.165) is 33.6 Å². The highest BCUT2D eigenvalue weighted by Crippen LogP contribution is 2.55. The number of nitrogens with zero attached hydrogens (tertiary/aromatic N) is 3. The average Bonchev–Trinajstić information content (AvgIpc) is 3.44. The van der Waals surface area contributed by atoms with Crippen LogP contribution in [0.1, 0.15) is 21.9 Å². The second-order valence-electron chi connectivity index (χ2n) is 10.1. The van der Waals surface area contributed by atoms with Crippen LogP contribution < -0.4 is 19.8 Å². The predicted molar refractivity (Wildman–Crippen MR) is 162 cm³/mol. The van der Waals surface area contributed by atoms with Gasteiger partial charge in [0.25, 0.3) is 5.69 Å². The van der Waals surface area contributed by atoms with E-state index in [9.17, 15) is 29.3 Å². The van der Waals surface area contributed by atoms with Crippen molar-refractivity contribution in [2.75, 3.05) is 17.3 Å². The summed E-state index contributed by atoms with van der Waals surface area (Å²) in [5.74, 6) is -2.51. The number of thioether (sulfide) groups is 1. The van der Waals surface area contributed by atoms with Crippen LogP contribution >= 0.6 is 23.1 Å². The number of rotatable bonds is 7. The zero-order valence-corrected chi connectivity index (χ0v) is 24.5. The second kappa shape index (κ2) is 11.2. The monoisotopic (exact) mass is 616 g/mol. The van der Waals surface area contributed by atoms with E-state index < -0.39 is 39.7 Å². The first kappa shape index (κ1) is 28.4. The first-order valence-electron chi connectivity index (χ1n) is 13.2. The number of non-ortho nitro benzene ring substituents is 1. The van der Waals surface area contributed by atoms with Gasteiger partial charge in [-0.2, -0.15) is 0 Å². The molecular formula is C30H24N4O7S2. The molecule has 13 heteroatoms. The summed E-state index contributed by atoms with van der Waals surface area (Å²) in [5.41, 5.74) is 2.30. The van der Waals surface area contributed by atoms with E-state index in [1.54, 1.807) is 36.4 Å². The molecule has 3 aromatic carbocycles. The molecule has 2 aliphatic rings. The Hall–Kier alpha value is -4.75. The molecule has 1 fully saturated rings. The normalized spacial score (nSPS) is 19.1. The summed E-state index contributed by atoms with van der Waals surface area (Å²) < 4.78 is 6.97. The Morgan fingerprint density at radius 1 is 1.00 bits per heavy atom. The zero-order chi connectivity index (χ0) is 30.4. The molecule has 0 bridgehead atoms. The fourth-order valence-corrected chi connectivity index (χ4v) is 8.24. The summed E-state index contributed by atoms with van der Waals surface area (Å²) >= 11 is 2.03. The number of imide groups is 1. The standard InChI is InChI=1S/C30H24N4O7S2/c1-16-7-9-17(10-8-16)31-22(35)15-32-29-26(43-30(32)38)23(20-5-3-4-6-21(20)41-2)24-25(42-29)28(37)33(27(24)36)18-11-13-19(14-12-18)34(39)40/h3-14,23-25H,15H2,1-2H3,(H,31,35). The minimum atomic E-state index is -0.912. The van der Waals surface area contributed by atoms with Gasteiger partial charge >= 0.3 is 4.87 Å². The quantitative estimate of drug-likeness (QED) is 0.181. The maximum Gasteiger partial charge on any atom is 0.308 e. The smallest absolute Gasteiger partial charge is 0.308 e. The number of aryl methyl sites for hydroxylation is 1. The van der Waals surface area contributed by atoms with E-state index in [-0.39, 0.29) is 22.8 Å². The maximum absolute atomic E-state index is 14.0.